The third-order valence-corrected chi connectivity index (χ3v) is 3.22. The summed E-state index contributed by atoms with van der Waals surface area (Å²) in [6.45, 7) is 4.44. The first-order valence-electron chi connectivity index (χ1n) is 5.54. The van der Waals surface area contributed by atoms with Crippen molar-refractivity contribution in [3.8, 4) is 0 Å². The molecule has 1 heterocycles. The van der Waals surface area contributed by atoms with Crippen LogP contribution >= 0.6 is 11.6 Å². The van der Waals surface area contributed by atoms with Crippen LogP contribution in [0.5, 0.6) is 0 Å². The van der Waals surface area contributed by atoms with Crippen LogP contribution in [0.15, 0.2) is 18.2 Å². The zero-order valence-corrected chi connectivity index (χ0v) is 10.3. The average Bonchev–Trinajstić information content (AvgIpc) is 2.22. The molecule has 0 atom stereocenters. The number of nitro groups is 1. The molecule has 0 unspecified atom stereocenters. The lowest BCUT2D eigenvalue weighted by molar-refractivity contribution is -0.384. The molecule has 6 heteroatoms. The van der Waals surface area contributed by atoms with Gasteiger partial charge in [-0.2, -0.15) is 0 Å². The fraction of sp³-hybridized carbons (Fsp3) is 0.455. The second-order valence-electron chi connectivity index (χ2n) is 3.99. The molecular formula is C11H14ClN3O2. The van der Waals surface area contributed by atoms with E-state index in [1.165, 1.54) is 6.07 Å². The van der Waals surface area contributed by atoms with Gasteiger partial charge in [-0.1, -0.05) is 11.6 Å². The Morgan fingerprint density at radius 3 is 2.76 bits per heavy atom. The van der Waals surface area contributed by atoms with Gasteiger partial charge in [0.1, 0.15) is 5.69 Å². The molecule has 1 saturated heterocycles. The molecule has 1 aromatic rings. The molecule has 0 aromatic heterocycles. The number of halogens is 1. The molecule has 1 fully saturated rings. The van der Waals surface area contributed by atoms with Crippen molar-refractivity contribution in [2.24, 2.45) is 0 Å². The topological polar surface area (TPSA) is 58.4 Å². The van der Waals surface area contributed by atoms with Gasteiger partial charge in [-0.15, -0.1) is 0 Å². The summed E-state index contributed by atoms with van der Waals surface area (Å²) in [5.41, 5.74) is 0.722. The molecule has 2 rings (SSSR count). The summed E-state index contributed by atoms with van der Waals surface area (Å²) in [5, 5.41) is 14.7. The number of nitro benzene ring substituents is 1. The van der Waals surface area contributed by atoms with Crippen molar-refractivity contribution >= 4 is 23.0 Å². The zero-order valence-electron chi connectivity index (χ0n) is 9.52. The van der Waals surface area contributed by atoms with Gasteiger partial charge in [0.15, 0.2) is 0 Å². The molecule has 1 aliphatic heterocycles. The summed E-state index contributed by atoms with van der Waals surface area (Å²) >= 11 is 5.92. The number of hydrogen-bond donors (Lipinski definition) is 1. The van der Waals surface area contributed by atoms with Crippen LogP contribution in [0.25, 0.3) is 0 Å². The number of benzene rings is 1. The zero-order chi connectivity index (χ0) is 12.4. The largest absolute Gasteiger partial charge is 0.361 e. The van der Waals surface area contributed by atoms with Crippen LogP contribution < -0.4 is 10.2 Å². The van der Waals surface area contributed by atoms with Gasteiger partial charge in [0.25, 0.3) is 5.69 Å². The van der Waals surface area contributed by atoms with E-state index in [1.807, 2.05) is 11.8 Å². The lowest BCUT2D eigenvalue weighted by atomic mass is 10.1. The van der Waals surface area contributed by atoms with E-state index < -0.39 is 0 Å². The lowest BCUT2D eigenvalue weighted by Gasteiger charge is -2.38. The van der Waals surface area contributed by atoms with Crippen molar-refractivity contribution in [1.82, 2.24) is 5.32 Å². The Morgan fingerprint density at radius 2 is 2.29 bits per heavy atom. The first kappa shape index (κ1) is 12.1. The quantitative estimate of drug-likeness (QED) is 0.661. The Hall–Kier alpha value is -1.33. The maximum Gasteiger partial charge on any atom is 0.292 e. The summed E-state index contributed by atoms with van der Waals surface area (Å²) in [6.07, 6.45) is 0. The summed E-state index contributed by atoms with van der Waals surface area (Å²) in [7, 11) is 0. The van der Waals surface area contributed by atoms with Gasteiger partial charge in [-0.25, -0.2) is 0 Å². The van der Waals surface area contributed by atoms with E-state index in [1.54, 1.807) is 12.1 Å². The summed E-state index contributed by atoms with van der Waals surface area (Å²) in [4.78, 5) is 12.7. The van der Waals surface area contributed by atoms with Gasteiger partial charge in [0, 0.05) is 30.7 Å². The van der Waals surface area contributed by atoms with E-state index in [9.17, 15) is 10.1 Å². The predicted octanol–water partition coefficient (Wildman–Crippen LogP) is 2.05. The van der Waals surface area contributed by atoms with Crippen molar-refractivity contribution in [3.05, 3.63) is 33.3 Å². The number of likely N-dealkylation sites (N-methyl/N-ethyl adjacent to an activating group) is 1. The normalized spacial score (nSPS) is 15.4. The molecule has 0 bridgehead atoms. The van der Waals surface area contributed by atoms with Crippen LogP contribution in [0.2, 0.25) is 5.02 Å². The highest BCUT2D eigenvalue weighted by molar-refractivity contribution is 6.31. The molecule has 17 heavy (non-hydrogen) atoms. The van der Waals surface area contributed by atoms with E-state index in [0.717, 1.165) is 19.6 Å². The Labute approximate surface area is 105 Å². The van der Waals surface area contributed by atoms with Crippen molar-refractivity contribution in [2.45, 2.75) is 13.0 Å². The van der Waals surface area contributed by atoms with E-state index >= 15 is 0 Å². The Morgan fingerprint density at radius 1 is 1.59 bits per heavy atom. The molecular weight excluding hydrogens is 242 g/mol. The van der Waals surface area contributed by atoms with Crippen molar-refractivity contribution in [1.29, 1.82) is 0 Å². The number of nitrogens with zero attached hydrogens (tertiary/aromatic N) is 2. The number of nitrogens with one attached hydrogen (secondary N) is 1. The van der Waals surface area contributed by atoms with E-state index in [2.05, 4.69) is 5.32 Å². The molecule has 5 nitrogen and oxygen atoms in total. The van der Waals surface area contributed by atoms with Crippen molar-refractivity contribution < 1.29 is 4.92 Å². The second-order valence-corrected chi connectivity index (χ2v) is 4.42. The average molecular weight is 256 g/mol. The molecule has 0 spiro atoms. The Bertz CT molecular complexity index is 435. The van der Waals surface area contributed by atoms with Crippen molar-refractivity contribution in [3.63, 3.8) is 0 Å². The Kier molecular flexibility index (Phi) is 3.49. The molecule has 1 aliphatic rings. The summed E-state index contributed by atoms with van der Waals surface area (Å²) in [6, 6.07) is 5.00. The third kappa shape index (κ3) is 2.35. The minimum absolute atomic E-state index is 0.114. The Balaban J connectivity index is 2.39. The van der Waals surface area contributed by atoms with E-state index in [-0.39, 0.29) is 10.6 Å². The maximum atomic E-state index is 11.0. The molecule has 0 radical (unpaired) electrons. The molecule has 1 aromatic carbocycles. The minimum Gasteiger partial charge on any atom is -0.361 e. The van der Waals surface area contributed by atoms with E-state index in [4.69, 9.17) is 11.6 Å². The SMILES string of the molecule is CCN(c1cc(Cl)ccc1[N+](=O)[O-])C1CNC1. The predicted molar refractivity (Wildman–Crippen MR) is 67.8 cm³/mol. The lowest BCUT2D eigenvalue weighted by Crippen LogP contribution is -2.57. The van der Waals surface area contributed by atoms with Gasteiger partial charge >= 0.3 is 0 Å². The molecule has 0 amide bonds. The molecule has 0 saturated carbocycles. The van der Waals surface area contributed by atoms with E-state index in [0.29, 0.717) is 16.8 Å². The van der Waals surface area contributed by atoms with Crippen LogP contribution in [0, 0.1) is 10.1 Å². The van der Waals surface area contributed by atoms with Crippen LogP contribution in [-0.2, 0) is 0 Å². The monoisotopic (exact) mass is 255 g/mol. The minimum atomic E-state index is -0.361. The third-order valence-electron chi connectivity index (χ3n) is 2.98. The number of anilines is 1. The van der Waals surface area contributed by atoms with Gasteiger partial charge in [-0.3, -0.25) is 10.1 Å². The van der Waals surface area contributed by atoms with Crippen LogP contribution in [0.3, 0.4) is 0 Å². The van der Waals surface area contributed by atoms with Gasteiger partial charge in [0.2, 0.25) is 0 Å². The van der Waals surface area contributed by atoms with Crippen LogP contribution in [0.1, 0.15) is 6.92 Å². The highest BCUT2D eigenvalue weighted by Gasteiger charge is 2.28. The fourth-order valence-electron chi connectivity index (χ4n) is 2.00. The van der Waals surface area contributed by atoms with Gasteiger partial charge in [-0.05, 0) is 19.1 Å². The highest BCUT2D eigenvalue weighted by atomic mass is 35.5. The van der Waals surface area contributed by atoms with Gasteiger partial charge < -0.3 is 10.2 Å². The highest BCUT2D eigenvalue weighted by Crippen LogP contribution is 2.32. The summed E-state index contributed by atoms with van der Waals surface area (Å²) < 4.78 is 0. The molecule has 1 N–H and O–H groups in total. The van der Waals surface area contributed by atoms with Crippen molar-refractivity contribution in [2.75, 3.05) is 24.5 Å². The molecule has 92 valence electrons. The fourth-order valence-corrected chi connectivity index (χ4v) is 2.17. The first-order chi connectivity index (χ1) is 8.13. The van der Waals surface area contributed by atoms with Crippen LogP contribution in [-0.4, -0.2) is 30.6 Å². The van der Waals surface area contributed by atoms with Gasteiger partial charge in [0.05, 0.1) is 11.0 Å². The van der Waals surface area contributed by atoms with Crippen LogP contribution in [0.4, 0.5) is 11.4 Å². The standard InChI is InChI=1S/C11H14ClN3O2/c1-2-14(9-6-13-7-9)11-5-8(12)3-4-10(11)15(16)17/h3-5,9,13H,2,6-7H2,1H3. The second kappa shape index (κ2) is 4.89. The summed E-state index contributed by atoms with van der Waals surface area (Å²) in [5.74, 6) is 0. The number of hydrogen-bond acceptors (Lipinski definition) is 4. The maximum absolute atomic E-state index is 11.0. The molecule has 0 aliphatic carbocycles. The first-order valence-corrected chi connectivity index (χ1v) is 5.92. The number of rotatable bonds is 4. The smallest absolute Gasteiger partial charge is 0.292 e.